The maximum atomic E-state index is 5.26. The zero-order valence-electron chi connectivity index (χ0n) is 10.3. The van der Waals surface area contributed by atoms with Crippen molar-refractivity contribution in [3.8, 4) is 11.5 Å². The summed E-state index contributed by atoms with van der Waals surface area (Å²) in [5, 5.41) is 10.6. The Morgan fingerprint density at radius 3 is 2.79 bits per heavy atom. The molecule has 0 fully saturated rings. The zero-order chi connectivity index (χ0) is 13.8. The molecule has 2 aromatic rings. The van der Waals surface area contributed by atoms with Gasteiger partial charge in [0, 0.05) is 0 Å². The molecule has 0 radical (unpaired) electrons. The Morgan fingerprint density at radius 1 is 1.42 bits per heavy atom. The summed E-state index contributed by atoms with van der Waals surface area (Å²) in [6.45, 7) is 0. The average molecular weight is 343 g/mol. The van der Waals surface area contributed by atoms with E-state index in [4.69, 9.17) is 21.7 Å². The van der Waals surface area contributed by atoms with Gasteiger partial charge in [0.1, 0.15) is 6.33 Å². The standard InChI is InChI=1S/C11H11BrN4O2S/c1-17-9-4-7(3-8(12)10(9)18-2)5-14-16-6-13-15-11(16)19/h3-6H,1-2H3,(H,15,19)/b14-5-. The molecule has 0 atom stereocenters. The van der Waals surface area contributed by atoms with Crippen molar-refractivity contribution in [3.63, 3.8) is 0 Å². The molecule has 0 aliphatic heterocycles. The highest BCUT2D eigenvalue weighted by Crippen LogP contribution is 2.35. The molecular formula is C11H11BrN4O2S. The van der Waals surface area contributed by atoms with E-state index in [0.29, 0.717) is 16.3 Å². The van der Waals surface area contributed by atoms with Crippen LogP contribution < -0.4 is 9.47 Å². The Labute approximate surface area is 123 Å². The van der Waals surface area contributed by atoms with E-state index in [1.54, 1.807) is 20.4 Å². The second kappa shape index (κ2) is 5.98. The van der Waals surface area contributed by atoms with Crippen LogP contribution in [0.2, 0.25) is 0 Å². The molecule has 0 amide bonds. The molecular weight excluding hydrogens is 332 g/mol. The van der Waals surface area contributed by atoms with Gasteiger partial charge in [0.2, 0.25) is 4.77 Å². The molecule has 0 bridgehead atoms. The monoisotopic (exact) mass is 342 g/mol. The molecule has 2 rings (SSSR count). The summed E-state index contributed by atoms with van der Waals surface area (Å²) in [6.07, 6.45) is 3.15. The smallest absolute Gasteiger partial charge is 0.216 e. The fourth-order valence-corrected chi connectivity index (χ4v) is 2.23. The van der Waals surface area contributed by atoms with Crippen LogP contribution in [0.1, 0.15) is 5.56 Å². The van der Waals surface area contributed by atoms with E-state index in [0.717, 1.165) is 10.0 Å². The van der Waals surface area contributed by atoms with Gasteiger partial charge in [-0.15, -0.1) is 0 Å². The first kappa shape index (κ1) is 13.8. The minimum Gasteiger partial charge on any atom is -0.493 e. The summed E-state index contributed by atoms with van der Waals surface area (Å²) in [6, 6.07) is 3.69. The number of benzene rings is 1. The summed E-state index contributed by atoms with van der Waals surface area (Å²) in [5.74, 6) is 1.26. The van der Waals surface area contributed by atoms with Crippen LogP contribution in [0.5, 0.6) is 11.5 Å². The fourth-order valence-electron chi connectivity index (χ4n) is 1.47. The van der Waals surface area contributed by atoms with E-state index in [2.05, 4.69) is 31.2 Å². The molecule has 0 saturated heterocycles. The molecule has 0 saturated carbocycles. The van der Waals surface area contributed by atoms with Gasteiger partial charge in [-0.3, -0.25) is 5.10 Å². The summed E-state index contributed by atoms with van der Waals surface area (Å²) < 4.78 is 13.2. The van der Waals surface area contributed by atoms with E-state index in [9.17, 15) is 0 Å². The lowest BCUT2D eigenvalue weighted by molar-refractivity contribution is 0.353. The number of nitrogens with one attached hydrogen (secondary N) is 1. The number of rotatable bonds is 4. The van der Waals surface area contributed by atoms with Crippen molar-refractivity contribution in [2.75, 3.05) is 14.2 Å². The van der Waals surface area contributed by atoms with Crippen molar-refractivity contribution >= 4 is 34.4 Å². The van der Waals surface area contributed by atoms with Crippen molar-refractivity contribution < 1.29 is 9.47 Å². The number of ether oxygens (including phenoxy) is 2. The van der Waals surface area contributed by atoms with Crippen LogP contribution in [0.15, 0.2) is 28.0 Å². The van der Waals surface area contributed by atoms with Gasteiger partial charge in [-0.1, -0.05) is 0 Å². The number of hydrogen-bond donors (Lipinski definition) is 1. The molecule has 1 heterocycles. The summed E-state index contributed by atoms with van der Waals surface area (Å²) in [4.78, 5) is 0. The molecule has 1 N–H and O–H groups in total. The fraction of sp³-hybridized carbons (Fsp3) is 0.182. The van der Waals surface area contributed by atoms with Gasteiger partial charge in [-0.2, -0.15) is 14.9 Å². The number of hydrogen-bond acceptors (Lipinski definition) is 5. The Kier molecular flexibility index (Phi) is 4.33. The summed E-state index contributed by atoms with van der Waals surface area (Å²) >= 11 is 8.41. The number of halogens is 1. The van der Waals surface area contributed by atoms with E-state index in [1.165, 1.54) is 11.0 Å². The van der Waals surface area contributed by atoms with E-state index in [1.807, 2.05) is 12.1 Å². The van der Waals surface area contributed by atoms with Gasteiger partial charge in [-0.25, -0.2) is 0 Å². The van der Waals surface area contributed by atoms with Gasteiger partial charge in [0.05, 0.1) is 24.9 Å². The third-order valence-corrected chi connectivity index (χ3v) is 3.19. The lowest BCUT2D eigenvalue weighted by Crippen LogP contribution is -1.95. The zero-order valence-corrected chi connectivity index (χ0v) is 12.7. The SMILES string of the molecule is COc1cc(/C=N\n2cn[nH]c2=S)cc(Br)c1OC. The molecule has 0 unspecified atom stereocenters. The van der Waals surface area contributed by atoms with Crippen LogP contribution in [0.4, 0.5) is 0 Å². The van der Waals surface area contributed by atoms with Crippen LogP contribution in [0.3, 0.4) is 0 Å². The van der Waals surface area contributed by atoms with Crippen molar-refractivity contribution in [2.45, 2.75) is 0 Å². The average Bonchev–Trinajstić information content (AvgIpc) is 2.81. The van der Waals surface area contributed by atoms with Gasteiger partial charge < -0.3 is 9.47 Å². The lowest BCUT2D eigenvalue weighted by Gasteiger charge is -2.10. The predicted octanol–water partition coefficient (Wildman–Crippen LogP) is 2.60. The third-order valence-electron chi connectivity index (χ3n) is 2.32. The normalized spacial score (nSPS) is 10.9. The Hall–Kier alpha value is -1.67. The minimum absolute atomic E-state index is 0.427. The summed E-state index contributed by atoms with van der Waals surface area (Å²) in [5.41, 5.74) is 0.840. The third kappa shape index (κ3) is 3.02. The first-order chi connectivity index (χ1) is 9.15. The highest BCUT2D eigenvalue weighted by molar-refractivity contribution is 9.10. The molecule has 1 aromatic carbocycles. The largest absolute Gasteiger partial charge is 0.493 e. The first-order valence-corrected chi connectivity index (χ1v) is 6.43. The second-order valence-electron chi connectivity index (χ2n) is 3.49. The molecule has 19 heavy (non-hydrogen) atoms. The van der Waals surface area contributed by atoms with Gasteiger partial charge in [0.15, 0.2) is 11.5 Å². The van der Waals surface area contributed by atoms with Gasteiger partial charge in [-0.05, 0) is 45.8 Å². The topological polar surface area (TPSA) is 64.4 Å². The van der Waals surface area contributed by atoms with Crippen molar-refractivity contribution in [1.82, 2.24) is 14.9 Å². The van der Waals surface area contributed by atoms with E-state index >= 15 is 0 Å². The molecule has 0 aliphatic carbocycles. The highest BCUT2D eigenvalue weighted by Gasteiger charge is 2.09. The van der Waals surface area contributed by atoms with Crippen LogP contribution in [0.25, 0.3) is 0 Å². The molecule has 1 aromatic heterocycles. The molecule has 6 nitrogen and oxygen atoms in total. The van der Waals surface area contributed by atoms with E-state index < -0.39 is 0 Å². The highest BCUT2D eigenvalue weighted by atomic mass is 79.9. The van der Waals surface area contributed by atoms with E-state index in [-0.39, 0.29) is 0 Å². The van der Waals surface area contributed by atoms with Gasteiger partial charge >= 0.3 is 0 Å². The molecule has 0 spiro atoms. The Balaban J connectivity index is 2.36. The maximum Gasteiger partial charge on any atom is 0.216 e. The molecule has 8 heteroatoms. The first-order valence-electron chi connectivity index (χ1n) is 5.23. The Bertz CT molecular complexity index is 665. The quantitative estimate of drug-likeness (QED) is 0.685. The van der Waals surface area contributed by atoms with Crippen molar-refractivity contribution in [2.24, 2.45) is 5.10 Å². The predicted molar refractivity (Wildman–Crippen MR) is 77.6 cm³/mol. The number of H-pyrrole nitrogens is 1. The number of nitrogens with zero attached hydrogens (tertiary/aromatic N) is 3. The van der Waals surface area contributed by atoms with Crippen molar-refractivity contribution in [3.05, 3.63) is 33.3 Å². The van der Waals surface area contributed by atoms with Gasteiger partial charge in [0.25, 0.3) is 0 Å². The maximum absolute atomic E-state index is 5.26. The van der Waals surface area contributed by atoms with Crippen LogP contribution in [0, 0.1) is 4.77 Å². The van der Waals surface area contributed by atoms with Crippen LogP contribution in [-0.4, -0.2) is 35.3 Å². The minimum atomic E-state index is 0.427. The molecule has 100 valence electrons. The summed E-state index contributed by atoms with van der Waals surface area (Å²) in [7, 11) is 3.17. The van der Waals surface area contributed by atoms with Crippen LogP contribution in [-0.2, 0) is 0 Å². The number of aromatic amines is 1. The van der Waals surface area contributed by atoms with Crippen LogP contribution >= 0.6 is 28.1 Å². The molecule has 0 aliphatic rings. The number of aromatic nitrogens is 3. The Morgan fingerprint density at radius 2 is 2.21 bits per heavy atom. The second-order valence-corrected chi connectivity index (χ2v) is 4.73. The number of methoxy groups -OCH3 is 2. The lowest BCUT2D eigenvalue weighted by atomic mass is 10.2. The van der Waals surface area contributed by atoms with Crippen molar-refractivity contribution in [1.29, 1.82) is 0 Å².